The second-order valence-electron chi connectivity index (χ2n) is 4.38. The van der Waals surface area contributed by atoms with Crippen LogP contribution < -0.4 is 0 Å². The Labute approximate surface area is 107 Å². The maximum atomic E-state index is 12.2. The third-order valence-corrected chi connectivity index (χ3v) is 3.12. The Kier molecular flexibility index (Phi) is 3.75. The molecule has 0 atom stereocenters. The van der Waals surface area contributed by atoms with Gasteiger partial charge in [0.1, 0.15) is 0 Å². The third kappa shape index (κ3) is 3.28. The van der Waals surface area contributed by atoms with Gasteiger partial charge >= 0.3 is 0 Å². The number of hydrogen-bond donors (Lipinski definition) is 1. The maximum absolute atomic E-state index is 12.2. The van der Waals surface area contributed by atoms with Crippen LogP contribution in [0.4, 0.5) is 0 Å². The second kappa shape index (κ2) is 5.29. The summed E-state index contributed by atoms with van der Waals surface area (Å²) in [6.07, 6.45) is 7.73. The average molecular weight is 245 g/mol. The van der Waals surface area contributed by atoms with Crippen molar-refractivity contribution in [2.45, 2.75) is 17.7 Å². The molecule has 0 heterocycles. The van der Waals surface area contributed by atoms with Crippen molar-refractivity contribution >= 4 is 18.5 Å². The highest BCUT2D eigenvalue weighted by Gasteiger charge is 2.26. The largest absolute Gasteiger partial charge is 0.327 e. The molecule has 2 nitrogen and oxygen atoms in total. The van der Waals surface area contributed by atoms with E-state index in [-0.39, 0.29) is 5.91 Å². The molecule has 1 aromatic rings. The minimum absolute atomic E-state index is 0.00532. The van der Waals surface area contributed by atoms with Crippen molar-refractivity contribution in [3.05, 3.63) is 29.8 Å². The molecule has 0 spiro atoms. The van der Waals surface area contributed by atoms with E-state index in [2.05, 4.69) is 18.5 Å². The van der Waals surface area contributed by atoms with Gasteiger partial charge in [0.25, 0.3) is 5.91 Å². The summed E-state index contributed by atoms with van der Waals surface area (Å²) in [5, 5.41) is 0. The highest BCUT2D eigenvalue weighted by Crippen LogP contribution is 2.30. The van der Waals surface area contributed by atoms with E-state index in [1.165, 1.54) is 12.8 Å². The van der Waals surface area contributed by atoms with Crippen LogP contribution in [0.5, 0.6) is 0 Å². The van der Waals surface area contributed by atoms with Crippen molar-refractivity contribution in [3.63, 3.8) is 0 Å². The number of amides is 1. The van der Waals surface area contributed by atoms with Crippen LogP contribution in [-0.4, -0.2) is 23.9 Å². The number of carbonyl (C=O) groups excluding carboxylic acids is 1. The maximum Gasteiger partial charge on any atom is 0.254 e. The summed E-state index contributed by atoms with van der Waals surface area (Å²) in [6, 6.07) is 7.27. The minimum Gasteiger partial charge on any atom is -0.327 e. The summed E-state index contributed by atoms with van der Waals surface area (Å²) in [6.45, 7) is 1.16. The molecule has 0 N–H and O–H groups in total. The molecule has 0 radical (unpaired) electrons. The normalized spacial score (nSPS) is 14.1. The molecule has 0 bridgehead atoms. The smallest absolute Gasteiger partial charge is 0.254 e. The van der Waals surface area contributed by atoms with Gasteiger partial charge in [-0.15, -0.1) is 19.1 Å². The Bertz CT molecular complexity index is 460. The Morgan fingerprint density at radius 3 is 2.88 bits per heavy atom. The molecular formula is C14H15NOS. The Morgan fingerprint density at radius 1 is 1.53 bits per heavy atom. The van der Waals surface area contributed by atoms with Crippen molar-refractivity contribution in [1.29, 1.82) is 0 Å². The lowest BCUT2D eigenvalue weighted by Crippen LogP contribution is -2.33. The van der Waals surface area contributed by atoms with Crippen LogP contribution >= 0.6 is 12.6 Å². The van der Waals surface area contributed by atoms with Gasteiger partial charge in [-0.3, -0.25) is 4.79 Å². The van der Waals surface area contributed by atoms with Gasteiger partial charge in [0, 0.05) is 17.0 Å². The minimum atomic E-state index is 0.00532. The molecule has 88 valence electrons. The number of terminal acetylenes is 1. The SMILES string of the molecule is C#CCN(CC1CC1)C(=O)c1cccc(S)c1. The van der Waals surface area contributed by atoms with Gasteiger partial charge in [-0.2, -0.15) is 0 Å². The molecule has 1 amide bonds. The number of carbonyl (C=O) groups is 1. The van der Waals surface area contributed by atoms with Gasteiger partial charge in [0.05, 0.1) is 6.54 Å². The van der Waals surface area contributed by atoms with Crippen LogP contribution in [0.1, 0.15) is 23.2 Å². The molecule has 1 aliphatic rings. The van der Waals surface area contributed by atoms with Gasteiger partial charge < -0.3 is 4.90 Å². The number of rotatable bonds is 4. The number of benzene rings is 1. The van der Waals surface area contributed by atoms with Crippen molar-refractivity contribution in [3.8, 4) is 12.3 Å². The average Bonchev–Trinajstić information content (AvgIpc) is 3.11. The zero-order valence-electron chi connectivity index (χ0n) is 9.60. The first kappa shape index (κ1) is 12.1. The zero-order chi connectivity index (χ0) is 12.3. The Morgan fingerprint density at radius 2 is 2.29 bits per heavy atom. The van der Waals surface area contributed by atoms with Gasteiger partial charge in [0.15, 0.2) is 0 Å². The summed E-state index contributed by atoms with van der Waals surface area (Å²) in [7, 11) is 0. The van der Waals surface area contributed by atoms with E-state index in [1.54, 1.807) is 17.0 Å². The van der Waals surface area contributed by atoms with Crippen LogP contribution in [0.25, 0.3) is 0 Å². The number of thiol groups is 1. The third-order valence-electron chi connectivity index (χ3n) is 2.84. The zero-order valence-corrected chi connectivity index (χ0v) is 10.5. The predicted molar refractivity (Wildman–Crippen MR) is 71.2 cm³/mol. The van der Waals surface area contributed by atoms with Crippen LogP contribution in [0.2, 0.25) is 0 Å². The van der Waals surface area contributed by atoms with Gasteiger partial charge in [-0.25, -0.2) is 0 Å². The lowest BCUT2D eigenvalue weighted by Gasteiger charge is -2.20. The molecule has 2 rings (SSSR count). The fourth-order valence-electron chi connectivity index (χ4n) is 1.76. The van der Waals surface area contributed by atoms with E-state index in [1.807, 2.05) is 12.1 Å². The highest BCUT2D eigenvalue weighted by atomic mass is 32.1. The summed E-state index contributed by atoms with van der Waals surface area (Å²) in [5.74, 6) is 3.20. The molecule has 0 aliphatic heterocycles. The topological polar surface area (TPSA) is 20.3 Å². The second-order valence-corrected chi connectivity index (χ2v) is 4.90. The first-order valence-corrected chi connectivity index (χ1v) is 6.17. The van der Waals surface area contributed by atoms with Crippen LogP contribution in [0.15, 0.2) is 29.2 Å². The molecule has 0 saturated heterocycles. The molecule has 1 saturated carbocycles. The van der Waals surface area contributed by atoms with E-state index < -0.39 is 0 Å². The Balaban J connectivity index is 2.12. The highest BCUT2D eigenvalue weighted by molar-refractivity contribution is 7.80. The van der Waals surface area contributed by atoms with Crippen molar-refractivity contribution in [2.24, 2.45) is 5.92 Å². The molecule has 3 heteroatoms. The van der Waals surface area contributed by atoms with Gasteiger partial charge in [0.2, 0.25) is 0 Å². The van der Waals surface area contributed by atoms with Crippen molar-refractivity contribution in [1.82, 2.24) is 4.90 Å². The lowest BCUT2D eigenvalue weighted by atomic mass is 10.2. The molecule has 1 aromatic carbocycles. The molecule has 17 heavy (non-hydrogen) atoms. The first-order valence-electron chi connectivity index (χ1n) is 5.72. The van der Waals surface area contributed by atoms with E-state index >= 15 is 0 Å². The van der Waals surface area contributed by atoms with E-state index in [0.29, 0.717) is 18.0 Å². The number of nitrogens with zero attached hydrogens (tertiary/aromatic N) is 1. The van der Waals surface area contributed by atoms with Gasteiger partial charge in [-0.1, -0.05) is 12.0 Å². The summed E-state index contributed by atoms with van der Waals surface area (Å²) >= 11 is 4.24. The fraction of sp³-hybridized carbons (Fsp3) is 0.357. The summed E-state index contributed by atoms with van der Waals surface area (Å²) < 4.78 is 0. The van der Waals surface area contributed by atoms with Crippen molar-refractivity contribution in [2.75, 3.05) is 13.1 Å². The first-order chi connectivity index (χ1) is 8.20. The van der Waals surface area contributed by atoms with Crippen LogP contribution in [0, 0.1) is 18.3 Å². The molecule has 1 fully saturated rings. The summed E-state index contributed by atoms with van der Waals surface area (Å²) in [5.41, 5.74) is 0.661. The Hall–Kier alpha value is -1.40. The van der Waals surface area contributed by atoms with E-state index in [0.717, 1.165) is 11.4 Å². The number of hydrogen-bond acceptors (Lipinski definition) is 2. The summed E-state index contributed by atoms with van der Waals surface area (Å²) in [4.78, 5) is 14.8. The monoisotopic (exact) mass is 245 g/mol. The molecule has 0 unspecified atom stereocenters. The fourth-order valence-corrected chi connectivity index (χ4v) is 1.99. The molecule has 0 aromatic heterocycles. The molecule has 1 aliphatic carbocycles. The molecular weight excluding hydrogens is 230 g/mol. The predicted octanol–water partition coefficient (Wildman–Crippen LogP) is 2.46. The van der Waals surface area contributed by atoms with Gasteiger partial charge in [-0.05, 0) is 37.0 Å². The van der Waals surface area contributed by atoms with Crippen LogP contribution in [0.3, 0.4) is 0 Å². The lowest BCUT2D eigenvalue weighted by molar-refractivity contribution is 0.0769. The van der Waals surface area contributed by atoms with Crippen molar-refractivity contribution < 1.29 is 4.79 Å². The standard InChI is InChI=1S/C14H15NOS/c1-2-8-15(10-11-6-7-11)14(16)12-4-3-5-13(17)9-12/h1,3-5,9,11,17H,6-8,10H2. The van der Waals surface area contributed by atoms with E-state index in [9.17, 15) is 4.79 Å². The van der Waals surface area contributed by atoms with Crippen LogP contribution in [-0.2, 0) is 0 Å². The quantitative estimate of drug-likeness (QED) is 0.638. The van der Waals surface area contributed by atoms with E-state index in [4.69, 9.17) is 6.42 Å².